The Morgan fingerprint density at radius 3 is 2.57 bits per heavy atom. The largest absolute Gasteiger partial charge is 0.103 e. The molecule has 0 nitrogen and oxygen atoms in total. The number of hydrogen-bond acceptors (Lipinski definition) is 0. The van der Waals surface area contributed by atoms with Crippen molar-refractivity contribution < 1.29 is 0 Å². The maximum atomic E-state index is 3.78. The summed E-state index contributed by atoms with van der Waals surface area (Å²) in [5.41, 5.74) is 4.09. The predicted octanol–water partition coefficient (Wildman–Crippen LogP) is 4.35. The SMILES string of the molecule is C=CCc1cccc(C(C)(C)Br)c1C. The van der Waals surface area contributed by atoms with Crippen LogP contribution in [0.1, 0.15) is 30.5 Å². The molecule has 0 aromatic heterocycles. The highest BCUT2D eigenvalue weighted by Crippen LogP contribution is 2.33. The van der Waals surface area contributed by atoms with Gasteiger partial charge in [-0.15, -0.1) is 6.58 Å². The third kappa shape index (κ3) is 2.48. The zero-order valence-corrected chi connectivity index (χ0v) is 10.7. The van der Waals surface area contributed by atoms with Crippen LogP contribution in [0.25, 0.3) is 0 Å². The van der Waals surface area contributed by atoms with Gasteiger partial charge in [0.1, 0.15) is 0 Å². The predicted molar refractivity (Wildman–Crippen MR) is 67.0 cm³/mol. The van der Waals surface area contributed by atoms with Crippen LogP contribution in [0.3, 0.4) is 0 Å². The van der Waals surface area contributed by atoms with Gasteiger partial charge in [0.2, 0.25) is 0 Å². The lowest BCUT2D eigenvalue weighted by molar-refractivity contribution is 0.792. The Morgan fingerprint density at radius 1 is 1.43 bits per heavy atom. The molecule has 76 valence electrons. The highest BCUT2D eigenvalue weighted by molar-refractivity contribution is 9.09. The maximum absolute atomic E-state index is 3.78. The summed E-state index contributed by atoms with van der Waals surface area (Å²) in [6.45, 7) is 10.3. The molecule has 1 heteroatoms. The maximum Gasteiger partial charge on any atom is 0.0452 e. The fourth-order valence-electron chi connectivity index (χ4n) is 1.70. The van der Waals surface area contributed by atoms with Crippen LogP contribution in [0.4, 0.5) is 0 Å². The molecule has 0 amide bonds. The molecule has 0 N–H and O–H groups in total. The van der Waals surface area contributed by atoms with E-state index in [-0.39, 0.29) is 4.32 Å². The molecule has 0 heterocycles. The van der Waals surface area contributed by atoms with E-state index < -0.39 is 0 Å². The van der Waals surface area contributed by atoms with Gasteiger partial charge in [-0.1, -0.05) is 40.2 Å². The third-order valence-electron chi connectivity index (χ3n) is 2.45. The van der Waals surface area contributed by atoms with Gasteiger partial charge in [-0.3, -0.25) is 0 Å². The van der Waals surface area contributed by atoms with E-state index in [1.807, 2.05) is 6.08 Å². The quantitative estimate of drug-likeness (QED) is 0.554. The molecule has 0 aliphatic carbocycles. The van der Waals surface area contributed by atoms with Crippen LogP contribution >= 0.6 is 15.9 Å². The molecular weight excluding hydrogens is 236 g/mol. The molecule has 0 atom stereocenters. The van der Waals surface area contributed by atoms with E-state index in [1.165, 1.54) is 16.7 Å². The van der Waals surface area contributed by atoms with Crippen molar-refractivity contribution in [2.75, 3.05) is 0 Å². The Hall–Kier alpha value is -0.560. The minimum Gasteiger partial charge on any atom is -0.103 e. The zero-order valence-electron chi connectivity index (χ0n) is 9.10. The lowest BCUT2D eigenvalue weighted by Gasteiger charge is -2.21. The molecule has 1 rings (SSSR count). The number of benzene rings is 1. The van der Waals surface area contributed by atoms with Gasteiger partial charge in [-0.05, 0) is 43.9 Å². The van der Waals surface area contributed by atoms with E-state index in [4.69, 9.17) is 0 Å². The van der Waals surface area contributed by atoms with Crippen molar-refractivity contribution >= 4 is 15.9 Å². The highest BCUT2D eigenvalue weighted by atomic mass is 79.9. The second kappa shape index (κ2) is 4.31. The van der Waals surface area contributed by atoms with Crippen molar-refractivity contribution in [2.24, 2.45) is 0 Å². The average Bonchev–Trinajstić information content (AvgIpc) is 2.07. The first kappa shape index (κ1) is 11.5. The Bertz CT molecular complexity index is 332. The van der Waals surface area contributed by atoms with Gasteiger partial charge in [-0.25, -0.2) is 0 Å². The van der Waals surface area contributed by atoms with Crippen LogP contribution in [0, 0.1) is 6.92 Å². The van der Waals surface area contributed by atoms with Crippen molar-refractivity contribution in [1.82, 2.24) is 0 Å². The summed E-state index contributed by atoms with van der Waals surface area (Å²) in [6.07, 6.45) is 2.90. The zero-order chi connectivity index (χ0) is 10.8. The van der Waals surface area contributed by atoms with Crippen LogP contribution in [0.5, 0.6) is 0 Å². The first-order valence-corrected chi connectivity index (χ1v) is 5.65. The summed E-state index contributed by atoms with van der Waals surface area (Å²) in [6, 6.07) is 6.46. The fourth-order valence-corrected chi connectivity index (χ4v) is 2.13. The fraction of sp³-hybridized carbons (Fsp3) is 0.385. The van der Waals surface area contributed by atoms with Crippen LogP contribution in [0.15, 0.2) is 30.9 Å². The molecule has 0 fully saturated rings. The summed E-state index contributed by atoms with van der Waals surface area (Å²) in [7, 11) is 0. The Labute approximate surface area is 95.2 Å². The van der Waals surface area contributed by atoms with Crippen molar-refractivity contribution in [1.29, 1.82) is 0 Å². The van der Waals surface area contributed by atoms with Gasteiger partial charge in [0, 0.05) is 4.32 Å². The van der Waals surface area contributed by atoms with Crippen molar-refractivity contribution in [3.63, 3.8) is 0 Å². The van der Waals surface area contributed by atoms with Crippen molar-refractivity contribution in [2.45, 2.75) is 31.5 Å². The van der Waals surface area contributed by atoms with Crippen LogP contribution in [-0.4, -0.2) is 0 Å². The summed E-state index contributed by atoms with van der Waals surface area (Å²) in [4.78, 5) is 0. The van der Waals surface area contributed by atoms with Crippen molar-refractivity contribution in [3.05, 3.63) is 47.5 Å². The van der Waals surface area contributed by atoms with E-state index >= 15 is 0 Å². The van der Waals surface area contributed by atoms with Crippen LogP contribution in [0.2, 0.25) is 0 Å². The third-order valence-corrected chi connectivity index (χ3v) is 2.88. The van der Waals surface area contributed by atoms with E-state index in [0.717, 1.165) is 6.42 Å². The first-order chi connectivity index (χ1) is 6.46. The average molecular weight is 253 g/mol. The lowest BCUT2D eigenvalue weighted by atomic mass is 9.93. The van der Waals surface area contributed by atoms with E-state index in [9.17, 15) is 0 Å². The molecule has 1 aromatic rings. The minimum absolute atomic E-state index is 0.0499. The smallest absolute Gasteiger partial charge is 0.0452 e. The lowest BCUT2D eigenvalue weighted by Crippen LogP contribution is -2.10. The summed E-state index contributed by atoms with van der Waals surface area (Å²) >= 11 is 3.70. The van der Waals surface area contributed by atoms with Gasteiger partial charge >= 0.3 is 0 Å². The Balaban J connectivity index is 3.20. The van der Waals surface area contributed by atoms with E-state index in [2.05, 4.69) is 61.5 Å². The molecule has 0 bridgehead atoms. The Kier molecular flexibility index (Phi) is 3.54. The molecule has 1 aromatic carbocycles. The number of rotatable bonds is 3. The molecule has 0 radical (unpaired) electrons. The summed E-state index contributed by atoms with van der Waals surface area (Å²) < 4.78 is 0.0499. The standard InChI is InChI=1S/C13H17Br/c1-5-7-11-8-6-9-12(10(11)2)13(3,4)14/h5-6,8-9H,1,7H2,2-4H3. The second-order valence-corrected chi connectivity index (χ2v) is 6.04. The number of allylic oxidation sites excluding steroid dienone is 1. The van der Waals surface area contributed by atoms with Crippen LogP contribution < -0.4 is 0 Å². The van der Waals surface area contributed by atoms with Crippen molar-refractivity contribution in [3.8, 4) is 0 Å². The van der Waals surface area contributed by atoms with Gasteiger partial charge in [0.25, 0.3) is 0 Å². The van der Waals surface area contributed by atoms with Gasteiger partial charge in [0.15, 0.2) is 0 Å². The number of alkyl halides is 1. The highest BCUT2D eigenvalue weighted by Gasteiger charge is 2.18. The monoisotopic (exact) mass is 252 g/mol. The summed E-state index contributed by atoms with van der Waals surface area (Å²) in [5.74, 6) is 0. The number of hydrogen-bond donors (Lipinski definition) is 0. The van der Waals surface area contributed by atoms with Gasteiger partial charge in [0.05, 0.1) is 0 Å². The molecule has 0 aliphatic rings. The molecule has 0 aliphatic heterocycles. The number of halogens is 1. The first-order valence-electron chi connectivity index (χ1n) is 4.85. The minimum atomic E-state index is 0.0499. The van der Waals surface area contributed by atoms with E-state index in [1.54, 1.807) is 0 Å². The van der Waals surface area contributed by atoms with E-state index in [0.29, 0.717) is 0 Å². The topological polar surface area (TPSA) is 0 Å². The van der Waals surface area contributed by atoms with Crippen LogP contribution in [-0.2, 0) is 10.7 Å². The molecule has 0 spiro atoms. The molecule has 0 unspecified atom stereocenters. The second-order valence-electron chi connectivity index (χ2n) is 4.05. The molecule has 0 saturated carbocycles. The Morgan fingerprint density at radius 2 is 2.07 bits per heavy atom. The van der Waals surface area contributed by atoms with Gasteiger partial charge < -0.3 is 0 Å². The molecule has 0 saturated heterocycles. The van der Waals surface area contributed by atoms with Gasteiger partial charge in [-0.2, -0.15) is 0 Å². The molecule has 14 heavy (non-hydrogen) atoms. The normalized spacial score (nSPS) is 11.4. The summed E-state index contributed by atoms with van der Waals surface area (Å²) in [5, 5.41) is 0. The molecular formula is C13H17Br.